The van der Waals surface area contributed by atoms with Crippen molar-refractivity contribution in [2.24, 2.45) is 7.05 Å². The largest absolute Gasteiger partial charge is 0.387 e. The van der Waals surface area contributed by atoms with Crippen LogP contribution in [-0.4, -0.2) is 25.3 Å². The number of aromatic nitrogens is 4. The van der Waals surface area contributed by atoms with Crippen LogP contribution in [0.2, 0.25) is 0 Å². The second kappa shape index (κ2) is 4.38. The standard InChI is InChI=1S/C8H9BrN4OS/c1-13-11-7(10-12-13)4-6(14)8-5(9)2-3-15-8/h2-3,6,14H,4H2,1H3. The SMILES string of the molecule is Cn1nnc(CC(O)c2sccc2Br)n1. The predicted molar refractivity (Wildman–Crippen MR) is 59.5 cm³/mol. The van der Waals surface area contributed by atoms with E-state index < -0.39 is 6.10 Å². The zero-order chi connectivity index (χ0) is 10.8. The molecule has 80 valence electrons. The fourth-order valence-corrected chi connectivity index (χ4v) is 2.84. The fraction of sp³-hybridized carbons (Fsp3) is 0.375. The highest BCUT2D eigenvalue weighted by atomic mass is 79.9. The fourth-order valence-electron chi connectivity index (χ4n) is 1.21. The number of aryl methyl sites for hydroxylation is 1. The summed E-state index contributed by atoms with van der Waals surface area (Å²) < 4.78 is 0.920. The van der Waals surface area contributed by atoms with Gasteiger partial charge >= 0.3 is 0 Å². The summed E-state index contributed by atoms with van der Waals surface area (Å²) in [6.45, 7) is 0. The molecule has 2 aromatic heterocycles. The van der Waals surface area contributed by atoms with Crippen LogP contribution in [0.15, 0.2) is 15.9 Å². The highest BCUT2D eigenvalue weighted by Crippen LogP contribution is 2.30. The van der Waals surface area contributed by atoms with Crippen molar-refractivity contribution >= 4 is 27.3 Å². The van der Waals surface area contributed by atoms with Crippen LogP contribution in [0, 0.1) is 0 Å². The minimum atomic E-state index is -0.580. The van der Waals surface area contributed by atoms with Crippen LogP contribution < -0.4 is 0 Å². The first kappa shape index (κ1) is 10.7. The van der Waals surface area contributed by atoms with E-state index in [2.05, 4.69) is 31.3 Å². The predicted octanol–water partition coefficient (Wildman–Crippen LogP) is 1.31. The molecule has 0 aromatic carbocycles. The second-order valence-electron chi connectivity index (χ2n) is 3.05. The lowest BCUT2D eigenvalue weighted by Gasteiger charge is -2.05. The van der Waals surface area contributed by atoms with E-state index in [1.807, 2.05) is 11.4 Å². The van der Waals surface area contributed by atoms with E-state index >= 15 is 0 Å². The molecule has 1 unspecified atom stereocenters. The third kappa shape index (κ3) is 2.42. The lowest BCUT2D eigenvalue weighted by molar-refractivity contribution is 0.179. The maximum absolute atomic E-state index is 9.92. The summed E-state index contributed by atoms with van der Waals surface area (Å²) >= 11 is 4.88. The van der Waals surface area contributed by atoms with E-state index in [0.717, 1.165) is 9.35 Å². The quantitative estimate of drug-likeness (QED) is 0.925. The van der Waals surface area contributed by atoms with Gasteiger partial charge in [0.2, 0.25) is 0 Å². The van der Waals surface area contributed by atoms with Crippen LogP contribution in [0.4, 0.5) is 0 Å². The summed E-state index contributed by atoms with van der Waals surface area (Å²) in [5.41, 5.74) is 0. The highest BCUT2D eigenvalue weighted by molar-refractivity contribution is 9.10. The molecular weight excluding hydrogens is 280 g/mol. The Morgan fingerprint density at radius 1 is 1.67 bits per heavy atom. The summed E-state index contributed by atoms with van der Waals surface area (Å²) in [6, 6.07) is 1.91. The Morgan fingerprint density at radius 3 is 3.00 bits per heavy atom. The van der Waals surface area contributed by atoms with Crippen molar-refractivity contribution in [2.75, 3.05) is 0 Å². The maximum atomic E-state index is 9.92. The van der Waals surface area contributed by atoms with E-state index in [9.17, 15) is 5.11 Å². The second-order valence-corrected chi connectivity index (χ2v) is 4.85. The van der Waals surface area contributed by atoms with Crippen LogP contribution in [0.5, 0.6) is 0 Å². The minimum absolute atomic E-state index is 0.382. The third-order valence-electron chi connectivity index (χ3n) is 1.87. The molecule has 2 aromatic rings. The number of aliphatic hydroxyl groups is 1. The molecule has 5 nitrogen and oxygen atoms in total. The Kier molecular flexibility index (Phi) is 3.13. The van der Waals surface area contributed by atoms with Gasteiger partial charge in [-0.1, -0.05) is 0 Å². The maximum Gasteiger partial charge on any atom is 0.177 e. The molecule has 2 heterocycles. The Labute approximate surface area is 98.9 Å². The van der Waals surface area contributed by atoms with E-state index in [1.54, 1.807) is 7.05 Å². The summed E-state index contributed by atoms with van der Waals surface area (Å²) in [4.78, 5) is 2.27. The van der Waals surface area contributed by atoms with Crippen molar-refractivity contribution in [1.29, 1.82) is 0 Å². The molecule has 7 heteroatoms. The lowest BCUT2D eigenvalue weighted by Crippen LogP contribution is -2.02. The molecule has 1 N–H and O–H groups in total. The molecule has 0 aliphatic rings. The molecule has 0 amide bonds. The van der Waals surface area contributed by atoms with Gasteiger partial charge in [-0.15, -0.1) is 21.5 Å². The molecular formula is C8H9BrN4OS. The van der Waals surface area contributed by atoms with Gasteiger partial charge in [-0.3, -0.25) is 0 Å². The minimum Gasteiger partial charge on any atom is -0.387 e. The third-order valence-corrected chi connectivity index (χ3v) is 3.85. The topological polar surface area (TPSA) is 63.8 Å². The van der Waals surface area contributed by atoms with Crippen molar-refractivity contribution in [3.05, 3.63) is 26.6 Å². The van der Waals surface area contributed by atoms with Crippen molar-refractivity contribution in [3.8, 4) is 0 Å². The Morgan fingerprint density at radius 2 is 2.47 bits per heavy atom. The number of hydrogen-bond donors (Lipinski definition) is 1. The molecule has 0 aliphatic carbocycles. The van der Waals surface area contributed by atoms with E-state index in [1.165, 1.54) is 16.1 Å². The summed E-state index contributed by atoms with van der Waals surface area (Å²) in [6.07, 6.45) is -0.198. The number of hydrogen-bond acceptors (Lipinski definition) is 5. The average Bonchev–Trinajstić information content (AvgIpc) is 2.75. The van der Waals surface area contributed by atoms with Crippen LogP contribution >= 0.6 is 27.3 Å². The van der Waals surface area contributed by atoms with Gasteiger partial charge in [0.15, 0.2) is 5.82 Å². The Hall–Kier alpha value is -0.790. The molecule has 0 saturated heterocycles. The average molecular weight is 289 g/mol. The molecule has 1 atom stereocenters. The van der Waals surface area contributed by atoms with Crippen molar-refractivity contribution in [3.63, 3.8) is 0 Å². The molecule has 0 aliphatic heterocycles. The number of thiophene rings is 1. The van der Waals surface area contributed by atoms with Gasteiger partial charge in [-0.25, -0.2) is 0 Å². The van der Waals surface area contributed by atoms with Crippen molar-refractivity contribution in [1.82, 2.24) is 20.2 Å². The number of nitrogens with zero attached hydrogens (tertiary/aromatic N) is 4. The van der Waals surface area contributed by atoms with Gasteiger partial charge in [-0.05, 0) is 32.6 Å². The zero-order valence-electron chi connectivity index (χ0n) is 7.96. The summed E-state index contributed by atoms with van der Waals surface area (Å²) in [5.74, 6) is 0.547. The van der Waals surface area contributed by atoms with Gasteiger partial charge in [0, 0.05) is 15.8 Å². The first-order valence-corrected chi connectivity index (χ1v) is 5.98. The van der Waals surface area contributed by atoms with Crippen LogP contribution in [0.3, 0.4) is 0 Å². The van der Waals surface area contributed by atoms with Gasteiger partial charge in [-0.2, -0.15) is 4.80 Å². The first-order chi connectivity index (χ1) is 7.16. The molecule has 0 fully saturated rings. The lowest BCUT2D eigenvalue weighted by atomic mass is 10.2. The molecule has 2 rings (SSSR count). The number of rotatable bonds is 3. The van der Waals surface area contributed by atoms with Crippen molar-refractivity contribution in [2.45, 2.75) is 12.5 Å². The van der Waals surface area contributed by atoms with Crippen LogP contribution in [0.25, 0.3) is 0 Å². The van der Waals surface area contributed by atoms with Gasteiger partial charge in [0.1, 0.15) is 0 Å². The van der Waals surface area contributed by atoms with Gasteiger partial charge in [0.25, 0.3) is 0 Å². The number of tetrazole rings is 1. The van der Waals surface area contributed by atoms with Gasteiger partial charge < -0.3 is 5.11 Å². The zero-order valence-corrected chi connectivity index (χ0v) is 10.4. The highest BCUT2D eigenvalue weighted by Gasteiger charge is 2.15. The monoisotopic (exact) mass is 288 g/mol. The smallest absolute Gasteiger partial charge is 0.177 e. The number of halogens is 1. The molecule has 0 radical (unpaired) electrons. The summed E-state index contributed by atoms with van der Waals surface area (Å²) in [7, 11) is 1.70. The summed E-state index contributed by atoms with van der Waals surface area (Å²) in [5, 5.41) is 23.4. The Bertz CT molecular complexity index is 455. The number of aliphatic hydroxyl groups excluding tert-OH is 1. The van der Waals surface area contributed by atoms with E-state index in [-0.39, 0.29) is 0 Å². The molecule has 0 bridgehead atoms. The van der Waals surface area contributed by atoms with Crippen LogP contribution in [-0.2, 0) is 13.5 Å². The van der Waals surface area contributed by atoms with E-state index in [4.69, 9.17) is 0 Å². The molecule has 0 saturated carbocycles. The van der Waals surface area contributed by atoms with Gasteiger partial charge in [0.05, 0.1) is 13.2 Å². The van der Waals surface area contributed by atoms with Crippen LogP contribution in [0.1, 0.15) is 16.8 Å². The molecule has 0 spiro atoms. The normalized spacial score (nSPS) is 13.0. The first-order valence-electron chi connectivity index (χ1n) is 4.30. The van der Waals surface area contributed by atoms with E-state index in [0.29, 0.717) is 12.2 Å². The Balaban J connectivity index is 2.10. The molecule has 15 heavy (non-hydrogen) atoms. The van der Waals surface area contributed by atoms with Crippen molar-refractivity contribution < 1.29 is 5.11 Å².